The van der Waals surface area contributed by atoms with E-state index in [1.165, 1.54) is 0 Å². The van der Waals surface area contributed by atoms with E-state index in [9.17, 15) is 9.59 Å². The first-order valence-electron chi connectivity index (χ1n) is 6.78. The Morgan fingerprint density at radius 1 is 1.40 bits per heavy atom. The van der Waals surface area contributed by atoms with Gasteiger partial charge in [-0.2, -0.15) is 0 Å². The van der Waals surface area contributed by atoms with Gasteiger partial charge in [0.25, 0.3) is 0 Å². The van der Waals surface area contributed by atoms with E-state index in [4.69, 9.17) is 9.84 Å². The Morgan fingerprint density at radius 3 is 2.60 bits per heavy atom. The van der Waals surface area contributed by atoms with E-state index in [-0.39, 0.29) is 17.9 Å². The number of hydrogen-bond donors (Lipinski definition) is 2. The van der Waals surface area contributed by atoms with Crippen molar-refractivity contribution < 1.29 is 19.4 Å². The molecule has 1 aliphatic carbocycles. The van der Waals surface area contributed by atoms with E-state index in [1.807, 2.05) is 6.92 Å². The van der Waals surface area contributed by atoms with Crippen molar-refractivity contribution in [3.8, 4) is 0 Å². The van der Waals surface area contributed by atoms with Crippen LogP contribution in [0.25, 0.3) is 0 Å². The van der Waals surface area contributed by atoms with Gasteiger partial charge in [0.05, 0.1) is 17.9 Å². The monoisotopic (exact) mass is 277 g/mol. The molecule has 0 radical (unpaired) electrons. The second kappa shape index (κ2) is 6.05. The fourth-order valence-electron chi connectivity index (χ4n) is 2.08. The number of anilines is 1. The van der Waals surface area contributed by atoms with Gasteiger partial charge in [0.2, 0.25) is 5.91 Å². The average molecular weight is 277 g/mol. The topological polar surface area (TPSA) is 75.6 Å². The molecule has 3 unspecified atom stereocenters. The van der Waals surface area contributed by atoms with Gasteiger partial charge < -0.3 is 15.2 Å². The minimum absolute atomic E-state index is 0.0394. The van der Waals surface area contributed by atoms with E-state index in [2.05, 4.69) is 5.32 Å². The number of carboxylic acid groups (broad SMARTS) is 1. The molecule has 1 amide bonds. The zero-order valence-corrected chi connectivity index (χ0v) is 11.6. The van der Waals surface area contributed by atoms with Crippen molar-refractivity contribution in [2.24, 2.45) is 5.92 Å². The molecular formula is C15H19NO4. The summed E-state index contributed by atoms with van der Waals surface area (Å²) in [5.74, 6) is -1.51. The molecule has 3 atom stereocenters. The lowest BCUT2D eigenvalue weighted by atomic mass is 10.0. The summed E-state index contributed by atoms with van der Waals surface area (Å²) in [6, 6.07) is 6.90. The number of amides is 1. The van der Waals surface area contributed by atoms with Crippen molar-refractivity contribution in [3.05, 3.63) is 29.8 Å². The third kappa shape index (κ3) is 3.36. The Bertz CT molecular complexity index is 497. The number of rotatable bonds is 6. The summed E-state index contributed by atoms with van der Waals surface area (Å²) in [5.41, 5.74) is 1.40. The van der Waals surface area contributed by atoms with Gasteiger partial charge in [0.1, 0.15) is 0 Å². The number of hydrogen-bond acceptors (Lipinski definition) is 3. The van der Waals surface area contributed by atoms with Crippen LogP contribution in [0.4, 0.5) is 5.69 Å². The molecule has 1 saturated carbocycles. The lowest BCUT2D eigenvalue weighted by molar-refractivity contribution is -0.138. The second-order valence-corrected chi connectivity index (χ2v) is 5.01. The standard InChI is InChI=1S/C15H19NO4/c1-3-20-13-8-12(13)14(17)16-11-6-4-10(5-7-11)9(2)15(18)19/h4-7,9,12-13H,3,8H2,1-2H3,(H,16,17)(H,18,19). The molecule has 1 aromatic carbocycles. The van der Waals surface area contributed by atoms with Gasteiger partial charge in [-0.1, -0.05) is 12.1 Å². The van der Waals surface area contributed by atoms with Gasteiger partial charge >= 0.3 is 5.97 Å². The smallest absolute Gasteiger partial charge is 0.310 e. The Kier molecular flexibility index (Phi) is 4.39. The van der Waals surface area contributed by atoms with Crippen LogP contribution in [0, 0.1) is 5.92 Å². The summed E-state index contributed by atoms with van der Waals surface area (Å²) in [4.78, 5) is 22.8. The number of aliphatic carboxylic acids is 1. The van der Waals surface area contributed by atoms with E-state index >= 15 is 0 Å². The highest BCUT2D eigenvalue weighted by atomic mass is 16.5. The summed E-state index contributed by atoms with van der Waals surface area (Å²) in [6.45, 7) is 4.17. The molecule has 108 valence electrons. The highest BCUT2D eigenvalue weighted by molar-refractivity contribution is 5.94. The minimum Gasteiger partial charge on any atom is -0.481 e. The summed E-state index contributed by atoms with van der Waals surface area (Å²) in [7, 11) is 0. The van der Waals surface area contributed by atoms with Crippen molar-refractivity contribution in [3.63, 3.8) is 0 Å². The largest absolute Gasteiger partial charge is 0.481 e. The molecule has 1 aromatic rings. The van der Waals surface area contributed by atoms with Crippen LogP contribution in [0.5, 0.6) is 0 Å². The van der Waals surface area contributed by atoms with Crippen molar-refractivity contribution in [1.82, 2.24) is 0 Å². The van der Waals surface area contributed by atoms with Crippen LogP contribution in [0.1, 0.15) is 31.7 Å². The normalized spacial score (nSPS) is 22.1. The quantitative estimate of drug-likeness (QED) is 0.836. The van der Waals surface area contributed by atoms with Crippen LogP contribution in [-0.2, 0) is 14.3 Å². The van der Waals surface area contributed by atoms with Crippen LogP contribution in [0.15, 0.2) is 24.3 Å². The van der Waals surface area contributed by atoms with Crippen LogP contribution < -0.4 is 5.32 Å². The summed E-state index contributed by atoms with van der Waals surface area (Å²) < 4.78 is 5.38. The first-order valence-corrected chi connectivity index (χ1v) is 6.78. The molecule has 5 heteroatoms. The first-order chi connectivity index (χ1) is 9.52. The Balaban J connectivity index is 1.91. The van der Waals surface area contributed by atoms with Gasteiger partial charge in [0, 0.05) is 12.3 Å². The number of carboxylic acids is 1. The maximum absolute atomic E-state index is 11.9. The van der Waals surface area contributed by atoms with Gasteiger partial charge in [-0.15, -0.1) is 0 Å². The number of ether oxygens (including phenoxy) is 1. The molecule has 5 nitrogen and oxygen atoms in total. The van der Waals surface area contributed by atoms with E-state index < -0.39 is 11.9 Å². The molecule has 1 aliphatic rings. The van der Waals surface area contributed by atoms with Crippen LogP contribution in [-0.4, -0.2) is 29.7 Å². The van der Waals surface area contributed by atoms with Crippen LogP contribution in [0.3, 0.4) is 0 Å². The molecule has 2 N–H and O–H groups in total. The van der Waals surface area contributed by atoms with Gasteiger partial charge in [-0.25, -0.2) is 0 Å². The van der Waals surface area contributed by atoms with Crippen molar-refractivity contribution >= 4 is 17.6 Å². The Labute approximate surface area is 117 Å². The predicted molar refractivity (Wildman–Crippen MR) is 74.6 cm³/mol. The molecule has 2 rings (SSSR count). The molecule has 0 aliphatic heterocycles. The zero-order chi connectivity index (χ0) is 14.7. The Hall–Kier alpha value is -1.88. The summed E-state index contributed by atoms with van der Waals surface area (Å²) in [6.07, 6.45) is 0.819. The third-order valence-corrected chi connectivity index (χ3v) is 3.50. The highest BCUT2D eigenvalue weighted by Crippen LogP contribution is 2.34. The number of carbonyl (C=O) groups is 2. The fraction of sp³-hybridized carbons (Fsp3) is 0.467. The molecule has 0 spiro atoms. The molecule has 0 bridgehead atoms. The number of carbonyl (C=O) groups excluding carboxylic acids is 1. The van der Waals surface area contributed by atoms with E-state index in [0.29, 0.717) is 17.9 Å². The number of benzene rings is 1. The van der Waals surface area contributed by atoms with Crippen molar-refractivity contribution in [2.45, 2.75) is 32.3 Å². The average Bonchev–Trinajstić information content (AvgIpc) is 3.18. The molecule has 0 aromatic heterocycles. The van der Waals surface area contributed by atoms with E-state index in [1.54, 1.807) is 31.2 Å². The summed E-state index contributed by atoms with van der Waals surface area (Å²) in [5, 5.41) is 11.7. The zero-order valence-electron chi connectivity index (χ0n) is 11.6. The minimum atomic E-state index is -0.862. The SMILES string of the molecule is CCOC1CC1C(=O)Nc1ccc(C(C)C(=O)O)cc1. The predicted octanol–water partition coefficient (Wildman–Crippen LogP) is 2.24. The van der Waals surface area contributed by atoms with Crippen molar-refractivity contribution in [2.75, 3.05) is 11.9 Å². The Morgan fingerprint density at radius 2 is 2.05 bits per heavy atom. The second-order valence-electron chi connectivity index (χ2n) is 5.01. The van der Waals surface area contributed by atoms with E-state index in [0.717, 1.165) is 6.42 Å². The fourth-order valence-corrected chi connectivity index (χ4v) is 2.08. The lowest BCUT2D eigenvalue weighted by Crippen LogP contribution is -2.16. The summed E-state index contributed by atoms with van der Waals surface area (Å²) >= 11 is 0. The van der Waals surface area contributed by atoms with Gasteiger partial charge in [-0.3, -0.25) is 9.59 Å². The lowest BCUT2D eigenvalue weighted by Gasteiger charge is -2.09. The third-order valence-electron chi connectivity index (χ3n) is 3.50. The van der Waals surface area contributed by atoms with Gasteiger partial charge in [-0.05, 0) is 38.0 Å². The molecule has 20 heavy (non-hydrogen) atoms. The molecule has 0 heterocycles. The highest BCUT2D eigenvalue weighted by Gasteiger charge is 2.43. The first kappa shape index (κ1) is 14.5. The molecular weight excluding hydrogens is 258 g/mol. The van der Waals surface area contributed by atoms with Crippen LogP contribution >= 0.6 is 0 Å². The van der Waals surface area contributed by atoms with Crippen molar-refractivity contribution in [1.29, 1.82) is 0 Å². The molecule has 0 saturated heterocycles. The molecule has 1 fully saturated rings. The maximum Gasteiger partial charge on any atom is 0.310 e. The van der Waals surface area contributed by atoms with Crippen LogP contribution in [0.2, 0.25) is 0 Å². The maximum atomic E-state index is 11.9. The van der Waals surface area contributed by atoms with Gasteiger partial charge in [0.15, 0.2) is 0 Å². The number of nitrogens with one attached hydrogen (secondary N) is 1.